The largest absolute Gasteiger partial charge is 0.481 e. The molecule has 4 saturated carbocycles. The molecule has 0 aliphatic heterocycles. The lowest BCUT2D eigenvalue weighted by atomic mass is 9.44. The molecule has 118 valence electrons. The zero-order chi connectivity index (χ0) is 15.5. The van der Waals surface area contributed by atoms with Gasteiger partial charge >= 0.3 is 16.8 Å². The summed E-state index contributed by atoms with van der Waals surface area (Å²) in [6.45, 7) is -1.01. The monoisotopic (exact) mass is 366 g/mol. The minimum Gasteiger partial charge on any atom is -0.481 e. The second-order valence-corrected chi connectivity index (χ2v) is 8.18. The highest BCUT2D eigenvalue weighted by atomic mass is 79.9. The number of hydrogen-bond acceptors (Lipinski definition) is 3. The minimum absolute atomic E-state index is 0.194. The maximum Gasteiger partial charge on any atom is 0.334 e. The molecule has 2 atom stereocenters. The summed E-state index contributed by atoms with van der Waals surface area (Å²) < 4.78 is 30.4. The van der Waals surface area contributed by atoms with Crippen molar-refractivity contribution in [2.24, 2.45) is 22.7 Å². The summed E-state index contributed by atoms with van der Waals surface area (Å²) in [4.78, 5) is 20.8. The van der Waals surface area contributed by atoms with Crippen molar-refractivity contribution in [2.75, 3.05) is 6.61 Å². The van der Waals surface area contributed by atoms with E-state index in [4.69, 9.17) is 4.74 Å². The average Bonchev–Trinajstić information content (AvgIpc) is 2.33. The number of carbonyl (C=O) groups is 2. The Balaban J connectivity index is 1.81. The first kappa shape index (κ1) is 15.2. The fourth-order valence-electron chi connectivity index (χ4n) is 5.05. The van der Waals surface area contributed by atoms with Crippen LogP contribution in [0.4, 0.5) is 8.78 Å². The zero-order valence-corrected chi connectivity index (χ0v) is 13.0. The number of halogens is 3. The van der Waals surface area contributed by atoms with Crippen LogP contribution in [0.2, 0.25) is 0 Å². The molecule has 1 N–H and O–H groups in total. The Bertz CT molecular complexity index is 474. The van der Waals surface area contributed by atoms with Crippen molar-refractivity contribution in [1.82, 2.24) is 0 Å². The van der Waals surface area contributed by atoms with E-state index in [1.54, 1.807) is 0 Å². The van der Waals surface area contributed by atoms with Crippen LogP contribution in [0.3, 0.4) is 0 Å². The molecule has 4 aliphatic rings. The number of hydrogen-bond donors (Lipinski definition) is 1. The van der Waals surface area contributed by atoms with Gasteiger partial charge in [0.2, 0.25) is 0 Å². The molecule has 4 fully saturated rings. The first-order valence-electron chi connectivity index (χ1n) is 7.12. The molecule has 0 aromatic heterocycles. The van der Waals surface area contributed by atoms with Crippen LogP contribution in [0, 0.1) is 22.7 Å². The van der Waals surface area contributed by atoms with E-state index >= 15 is 0 Å². The molecule has 7 heteroatoms. The van der Waals surface area contributed by atoms with Gasteiger partial charge in [0.1, 0.15) is 0 Å². The first-order valence-corrected chi connectivity index (χ1v) is 7.91. The van der Waals surface area contributed by atoms with Gasteiger partial charge in [-0.05, 0) is 66.3 Å². The summed E-state index contributed by atoms with van der Waals surface area (Å²) in [6, 6.07) is 0. The second-order valence-electron chi connectivity index (χ2n) is 7.02. The lowest BCUT2D eigenvalue weighted by molar-refractivity contribution is -0.193. The summed E-state index contributed by atoms with van der Waals surface area (Å²) >= 11 is 2.15. The minimum atomic E-state index is -3.24. The van der Waals surface area contributed by atoms with Gasteiger partial charge in [0.15, 0.2) is 6.61 Å². The molecule has 21 heavy (non-hydrogen) atoms. The maximum atomic E-state index is 12.8. The Morgan fingerprint density at radius 1 is 1.19 bits per heavy atom. The topological polar surface area (TPSA) is 63.6 Å². The maximum absolute atomic E-state index is 12.8. The van der Waals surface area contributed by atoms with Crippen molar-refractivity contribution in [3.63, 3.8) is 0 Å². The van der Waals surface area contributed by atoms with Gasteiger partial charge in [-0.3, -0.25) is 9.59 Å². The van der Waals surface area contributed by atoms with E-state index in [0.717, 1.165) is 6.42 Å². The van der Waals surface area contributed by atoms with Crippen LogP contribution in [0.1, 0.15) is 38.5 Å². The summed E-state index contributed by atoms with van der Waals surface area (Å²) in [6.07, 6.45) is 3.52. The van der Waals surface area contributed by atoms with Crippen LogP contribution in [0.5, 0.6) is 0 Å². The molecule has 2 unspecified atom stereocenters. The van der Waals surface area contributed by atoms with Gasteiger partial charge in [0.25, 0.3) is 0 Å². The second kappa shape index (κ2) is 4.64. The van der Waals surface area contributed by atoms with Crippen molar-refractivity contribution in [2.45, 2.75) is 43.4 Å². The van der Waals surface area contributed by atoms with Crippen LogP contribution in [-0.2, 0) is 14.3 Å². The van der Waals surface area contributed by atoms with Crippen molar-refractivity contribution in [3.05, 3.63) is 0 Å². The number of ether oxygens (including phenoxy) is 1. The van der Waals surface area contributed by atoms with E-state index < -0.39 is 34.2 Å². The lowest BCUT2D eigenvalue weighted by Crippen LogP contribution is -2.58. The lowest BCUT2D eigenvalue weighted by Gasteiger charge is -2.59. The van der Waals surface area contributed by atoms with Crippen LogP contribution in [0.25, 0.3) is 0 Å². The van der Waals surface area contributed by atoms with Gasteiger partial charge in [-0.2, -0.15) is 8.78 Å². The molecule has 4 aliphatic carbocycles. The Morgan fingerprint density at radius 3 is 2.19 bits per heavy atom. The summed E-state index contributed by atoms with van der Waals surface area (Å²) in [5.74, 6) is -1.13. The Hall–Kier alpha value is -0.720. The van der Waals surface area contributed by atoms with Gasteiger partial charge in [-0.15, -0.1) is 0 Å². The summed E-state index contributed by atoms with van der Waals surface area (Å²) in [5, 5.41) is 9.55. The molecule has 4 nitrogen and oxygen atoms in total. The third-order valence-electron chi connectivity index (χ3n) is 5.31. The normalized spacial score (nSPS) is 41.1. The van der Waals surface area contributed by atoms with Gasteiger partial charge in [-0.25, -0.2) is 0 Å². The van der Waals surface area contributed by atoms with E-state index in [9.17, 15) is 23.5 Å². The number of alkyl halides is 3. The predicted molar refractivity (Wildman–Crippen MR) is 72.0 cm³/mol. The Morgan fingerprint density at radius 2 is 1.71 bits per heavy atom. The first-order chi connectivity index (χ1) is 9.64. The zero-order valence-electron chi connectivity index (χ0n) is 11.4. The van der Waals surface area contributed by atoms with Crippen molar-refractivity contribution < 1.29 is 28.2 Å². The summed E-state index contributed by atoms with van der Waals surface area (Å²) in [7, 11) is 0. The van der Waals surface area contributed by atoms with E-state index in [1.165, 1.54) is 0 Å². The average molecular weight is 367 g/mol. The molecule has 0 heterocycles. The van der Waals surface area contributed by atoms with E-state index in [-0.39, 0.29) is 18.3 Å². The number of aliphatic carboxylic acids is 1. The van der Waals surface area contributed by atoms with Gasteiger partial charge < -0.3 is 9.84 Å². The molecule has 0 radical (unpaired) electrons. The molecular formula is C14H17BrF2O4. The fourth-order valence-corrected chi connectivity index (χ4v) is 5.17. The molecule has 4 rings (SSSR count). The third-order valence-corrected chi connectivity index (χ3v) is 5.54. The highest BCUT2D eigenvalue weighted by Crippen LogP contribution is 2.65. The van der Waals surface area contributed by atoms with Crippen molar-refractivity contribution in [3.8, 4) is 0 Å². The summed E-state index contributed by atoms with van der Waals surface area (Å²) in [5.41, 5.74) is -1.74. The van der Waals surface area contributed by atoms with Gasteiger partial charge in [0, 0.05) is 0 Å². The van der Waals surface area contributed by atoms with Crippen LogP contribution in [0.15, 0.2) is 0 Å². The van der Waals surface area contributed by atoms with Crippen LogP contribution >= 0.6 is 15.9 Å². The molecule has 0 aromatic rings. The molecule has 0 aromatic carbocycles. The van der Waals surface area contributed by atoms with Gasteiger partial charge in [-0.1, -0.05) is 0 Å². The number of carbonyl (C=O) groups excluding carboxylic acids is 1. The van der Waals surface area contributed by atoms with Crippen molar-refractivity contribution in [1.29, 1.82) is 0 Å². The predicted octanol–water partition coefficient (Wildman–Crippen LogP) is 3.19. The Kier molecular flexibility index (Phi) is 3.35. The SMILES string of the molecule is O=C(O)C12CC3CC(C1)CC(C(=O)OCC(F)(F)Br)(C3)C2. The molecule has 0 saturated heterocycles. The standard InChI is InChI=1S/C14H17BrF2O4/c15-14(16,17)7-21-11(20)13-4-8-1-9(5-13)3-12(2-8,6-13)10(18)19/h8-9H,1-7H2,(H,18,19). The quantitative estimate of drug-likeness (QED) is 0.612. The number of carboxylic acid groups (broad SMARTS) is 1. The van der Waals surface area contributed by atoms with Gasteiger partial charge in [0.05, 0.1) is 10.8 Å². The van der Waals surface area contributed by atoms with Crippen LogP contribution < -0.4 is 0 Å². The van der Waals surface area contributed by atoms with Crippen LogP contribution in [-0.4, -0.2) is 28.5 Å². The number of rotatable bonds is 4. The Labute approximate surface area is 129 Å². The van der Waals surface area contributed by atoms with Crippen molar-refractivity contribution >= 4 is 27.9 Å². The smallest absolute Gasteiger partial charge is 0.334 e. The number of esters is 1. The molecule has 0 amide bonds. The highest BCUT2D eigenvalue weighted by molar-refractivity contribution is 9.10. The van der Waals surface area contributed by atoms with E-state index in [2.05, 4.69) is 15.9 Å². The van der Waals surface area contributed by atoms with E-state index in [0.29, 0.717) is 25.7 Å². The highest BCUT2D eigenvalue weighted by Gasteiger charge is 2.64. The third kappa shape index (κ3) is 2.58. The molecular weight excluding hydrogens is 350 g/mol. The molecule has 0 spiro atoms. The fraction of sp³-hybridized carbons (Fsp3) is 0.857. The van der Waals surface area contributed by atoms with E-state index in [1.807, 2.05) is 0 Å². The molecule has 4 bridgehead atoms. The number of carboxylic acids is 1.